The lowest BCUT2D eigenvalue weighted by Gasteiger charge is -2.28. The van der Waals surface area contributed by atoms with E-state index in [1.807, 2.05) is 11.9 Å². The normalized spacial score (nSPS) is 31.5. The molecule has 0 aromatic heterocycles. The molecule has 0 spiro atoms. The fourth-order valence-corrected chi connectivity index (χ4v) is 4.18. The van der Waals surface area contributed by atoms with E-state index in [-0.39, 0.29) is 0 Å². The molecule has 2 heteroatoms. The molecule has 0 radical (unpaired) electrons. The van der Waals surface area contributed by atoms with E-state index in [0.29, 0.717) is 11.5 Å². The van der Waals surface area contributed by atoms with Crippen molar-refractivity contribution in [3.05, 3.63) is 29.8 Å². The standard InChI is InChI=1S/C13H17NS/c1-9-13(2,3)12-8-10-6-4-5-7-11(10)14(12)15-9/h4-7,9,12H,8H2,1-3H3. The average Bonchev–Trinajstić information content (AvgIpc) is 2.66. The minimum absolute atomic E-state index is 0.420. The summed E-state index contributed by atoms with van der Waals surface area (Å²) in [5.41, 5.74) is 3.39. The van der Waals surface area contributed by atoms with Crippen molar-refractivity contribution in [3.8, 4) is 0 Å². The predicted octanol–water partition coefficient (Wildman–Crippen LogP) is 3.49. The van der Waals surface area contributed by atoms with E-state index in [2.05, 4.69) is 49.3 Å². The maximum atomic E-state index is 2.54. The Labute approximate surface area is 96.0 Å². The second-order valence-electron chi connectivity index (χ2n) is 5.24. The lowest BCUT2D eigenvalue weighted by molar-refractivity contribution is 0.315. The second-order valence-corrected chi connectivity index (χ2v) is 6.55. The third-order valence-electron chi connectivity index (χ3n) is 4.10. The van der Waals surface area contributed by atoms with E-state index in [9.17, 15) is 0 Å². The summed E-state index contributed by atoms with van der Waals surface area (Å²) >= 11 is 2.02. The van der Waals surface area contributed by atoms with Crippen LogP contribution in [0.3, 0.4) is 0 Å². The van der Waals surface area contributed by atoms with Gasteiger partial charge in [-0.05, 0) is 35.4 Å². The molecule has 1 saturated heterocycles. The van der Waals surface area contributed by atoms with E-state index in [4.69, 9.17) is 0 Å². The van der Waals surface area contributed by atoms with E-state index >= 15 is 0 Å². The fourth-order valence-electron chi connectivity index (χ4n) is 2.63. The predicted molar refractivity (Wildman–Crippen MR) is 67.2 cm³/mol. The zero-order valence-corrected chi connectivity index (χ0v) is 10.3. The molecule has 15 heavy (non-hydrogen) atoms. The number of rotatable bonds is 0. The van der Waals surface area contributed by atoms with Crippen LogP contribution in [-0.2, 0) is 6.42 Å². The van der Waals surface area contributed by atoms with Gasteiger partial charge in [-0.1, -0.05) is 39.0 Å². The highest BCUT2D eigenvalue weighted by Gasteiger charge is 2.50. The monoisotopic (exact) mass is 219 g/mol. The van der Waals surface area contributed by atoms with Gasteiger partial charge >= 0.3 is 0 Å². The van der Waals surface area contributed by atoms with Crippen molar-refractivity contribution >= 4 is 17.6 Å². The summed E-state index contributed by atoms with van der Waals surface area (Å²) < 4.78 is 2.54. The quantitative estimate of drug-likeness (QED) is 0.614. The number of fused-ring (bicyclic) bond motifs is 3. The van der Waals surface area contributed by atoms with Crippen molar-refractivity contribution in [2.45, 2.75) is 38.5 Å². The number of benzene rings is 1. The second kappa shape index (κ2) is 2.94. The summed E-state index contributed by atoms with van der Waals surface area (Å²) in [4.78, 5) is 0. The van der Waals surface area contributed by atoms with E-state index in [0.717, 1.165) is 5.25 Å². The first-order valence-corrected chi connectivity index (χ1v) is 6.48. The van der Waals surface area contributed by atoms with Crippen LogP contribution in [0.1, 0.15) is 26.3 Å². The van der Waals surface area contributed by atoms with Gasteiger partial charge in [0.05, 0.1) is 11.7 Å². The molecule has 1 aromatic rings. The summed E-state index contributed by atoms with van der Waals surface area (Å²) in [6.07, 6.45) is 1.22. The van der Waals surface area contributed by atoms with Gasteiger partial charge in [-0.25, -0.2) is 0 Å². The van der Waals surface area contributed by atoms with Gasteiger partial charge < -0.3 is 4.31 Å². The number of nitrogens with zero attached hydrogens (tertiary/aromatic N) is 1. The molecule has 0 bridgehead atoms. The maximum absolute atomic E-state index is 2.54. The van der Waals surface area contributed by atoms with Gasteiger partial charge in [-0.3, -0.25) is 0 Å². The molecule has 2 aliphatic rings. The lowest BCUT2D eigenvalue weighted by Crippen LogP contribution is -2.35. The summed E-state index contributed by atoms with van der Waals surface area (Å²) in [7, 11) is 0. The largest absolute Gasteiger partial charge is 0.312 e. The summed E-state index contributed by atoms with van der Waals surface area (Å²) in [6.45, 7) is 7.16. The molecule has 0 saturated carbocycles. The highest BCUT2D eigenvalue weighted by atomic mass is 32.2. The Morgan fingerprint density at radius 3 is 2.87 bits per heavy atom. The van der Waals surface area contributed by atoms with Crippen LogP contribution >= 0.6 is 11.9 Å². The molecule has 2 atom stereocenters. The topological polar surface area (TPSA) is 3.24 Å². The number of para-hydroxylation sites is 1. The first-order valence-electron chi connectivity index (χ1n) is 5.64. The van der Waals surface area contributed by atoms with Crippen LogP contribution in [0.2, 0.25) is 0 Å². The molecule has 2 unspecified atom stereocenters. The Balaban J connectivity index is 2.05. The Kier molecular flexibility index (Phi) is 1.88. The Morgan fingerprint density at radius 2 is 2.07 bits per heavy atom. The van der Waals surface area contributed by atoms with Crippen molar-refractivity contribution in [2.75, 3.05) is 4.31 Å². The van der Waals surface area contributed by atoms with E-state index in [1.165, 1.54) is 17.7 Å². The Hall–Kier alpha value is -0.630. The number of hydrogen-bond donors (Lipinski definition) is 0. The van der Waals surface area contributed by atoms with Crippen molar-refractivity contribution < 1.29 is 0 Å². The zero-order chi connectivity index (χ0) is 10.6. The third-order valence-corrected chi connectivity index (χ3v) is 5.71. The Morgan fingerprint density at radius 1 is 1.33 bits per heavy atom. The van der Waals surface area contributed by atoms with Crippen molar-refractivity contribution in [2.24, 2.45) is 5.41 Å². The van der Waals surface area contributed by atoms with Crippen LogP contribution < -0.4 is 4.31 Å². The first-order chi connectivity index (χ1) is 7.10. The summed E-state index contributed by atoms with van der Waals surface area (Å²) in [5, 5.41) is 0.718. The van der Waals surface area contributed by atoms with Crippen molar-refractivity contribution in [3.63, 3.8) is 0 Å². The van der Waals surface area contributed by atoms with Crippen molar-refractivity contribution in [1.82, 2.24) is 0 Å². The minimum atomic E-state index is 0.420. The summed E-state index contributed by atoms with van der Waals surface area (Å²) in [6, 6.07) is 9.53. The highest BCUT2D eigenvalue weighted by Crippen LogP contribution is 2.54. The molecule has 1 nitrogen and oxygen atoms in total. The zero-order valence-electron chi connectivity index (χ0n) is 9.53. The van der Waals surface area contributed by atoms with Gasteiger partial charge in [0.25, 0.3) is 0 Å². The van der Waals surface area contributed by atoms with Crippen LogP contribution in [0.5, 0.6) is 0 Å². The van der Waals surface area contributed by atoms with E-state index in [1.54, 1.807) is 0 Å². The van der Waals surface area contributed by atoms with Crippen LogP contribution in [0.15, 0.2) is 24.3 Å². The molecule has 80 valence electrons. The third kappa shape index (κ3) is 1.17. The molecule has 0 aliphatic carbocycles. The van der Waals surface area contributed by atoms with Gasteiger partial charge in [0, 0.05) is 5.25 Å². The molecular formula is C13H17NS. The van der Waals surface area contributed by atoms with Gasteiger partial charge in [0.2, 0.25) is 0 Å². The van der Waals surface area contributed by atoms with Crippen LogP contribution in [0, 0.1) is 5.41 Å². The average molecular weight is 219 g/mol. The maximum Gasteiger partial charge on any atom is 0.0509 e. The molecule has 3 rings (SSSR count). The Bertz CT molecular complexity index is 399. The molecule has 0 N–H and O–H groups in total. The lowest BCUT2D eigenvalue weighted by atomic mass is 9.80. The number of hydrogen-bond acceptors (Lipinski definition) is 2. The van der Waals surface area contributed by atoms with Crippen LogP contribution in [0.25, 0.3) is 0 Å². The molecule has 2 aliphatic heterocycles. The van der Waals surface area contributed by atoms with Gasteiger partial charge in [-0.2, -0.15) is 0 Å². The van der Waals surface area contributed by atoms with Gasteiger partial charge in [0.15, 0.2) is 0 Å². The van der Waals surface area contributed by atoms with E-state index < -0.39 is 0 Å². The van der Waals surface area contributed by atoms with Crippen LogP contribution in [-0.4, -0.2) is 11.3 Å². The molecule has 1 fully saturated rings. The molecule has 2 heterocycles. The van der Waals surface area contributed by atoms with Gasteiger partial charge in [-0.15, -0.1) is 0 Å². The highest BCUT2D eigenvalue weighted by molar-refractivity contribution is 8.01. The minimum Gasteiger partial charge on any atom is -0.312 e. The molecule has 1 aromatic carbocycles. The van der Waals surface area contributed by atoms with Crippen molar-refractivity contribution in [1.29, 1.82) is 0 Å². The molecular weight excluding hydrogens is 202 g/mol. The fraction of sp³-hybridized carbons (Fsp3) is 0.538. The smallest absolute Gasteiger partial charge is 0.0509 e. The SMILES string of the molecule is CC1SN2c3ccccc3CC2C1(C)C. The first kappa shape index (κ1) is 9.59. The number of anilines is 1. The van der Waals surface area contributed by atoms with Gasteiger partial charge in [0.1, 0.15) is 0 Å². The molecule has 0 amide bonds. The summed E-state index contributed by atoms with van der Waals surface area (Å²) in [5.74, 6) is 0. The van der Waals surface area contributed by atoms with Crippen LogP contribution in [0.4, 0.5) is 5.69 Å².